The van der Waals surface area contributed by atoms with Crippen molar-refractivity contribution in [2.45, 2.75) is 19.0 Å². The lowest BCUT2D eigenvalue weighted by Crippen LogP contribution is -2.42. The van der Waals surface area contributed by atoms with Gasteiger partial charge in [-0.3, -0.25) is 4.79 Å². The molecular formula is C15H19F3N4O2. The van der Waals surface area contributed by atoms with Crippen molar-refractivity contribution in [2.75, 3.05) is 36.9 Å². The normalized spacial score (nSPS) is 13.9. The molecule has 1 aromatic rings. The third kappa shape index (κ3) is 5.32. The standard InChI is InChI=1S/C15H19F3N4O2/c1-22-6-2-3-10-7-11(4-5-12(10)22)21-14(24)19-8-13(23)20-9-15(16,17)18/h4-5,7H,2-3,6,8-9H2,1H3,(H,20,23)(H2,19,21,24). The first-order valence-corrected chi connectivity index (χ1v) is 7.47. The van der Waals surface area contributed by atoms with Crippen LogP contribution in [-0.4, -0.2) is 44.8 Å². The number of aryl methyl sites for hydroxylation is 1. The Kier molecular flexibility index (Phi) is 5.53. The van der Waals surface area contributed by atoms with E-state index in [-0.39, 0.29) is 0 Å². The number of hydrogen-bond donors (Lipinski definition) is 3. The first kappa shape index (κ1) is 17.9. The number of hydrogen-bond acceptors (Lipinski definition) is 3. The van der Waals surface area contributed by atoms with Gasteiger partial charge in [-0.1, -0.05) is 0 Å². The van der Waals surface area contributed by atoms with Gasteiger partial charge in [-0.05, 0) is 36.6 Å². The Labute approximate surface area is 137 Å². The molecule has 1 aliphatic rings. The van der Waals surface area contributed by atoms with E-state index in [0.717, 1.165) is 30.6 Å². The van der Waals surface area contributed by atoms with Gasteiger partial charge in [0.15, 0.2) is 0 Å². The number of fused-ring (bicyclic) bond motifs is 1. The van der Waals surface area contributed by atoms with Gasteiger partial charge in [-0.25, -0.2) is 4.79 Å². The van der Waals surface area contributed by atoms with Crippen LogP contribution in [0.15, 0.2) is 18.2 Å². The summed E-state index contributed by atoms with van der Waals surface area (Å²) in [6.45, 7) is -0.976. The molecule has 0 fully saturated rings. The summed E-state index contributed by atoms with van der Waals surface area (Å²) in [6, 6.07) is 4.85. The van der Waals surface area contributed by atoms with Crippen molar-refractivity contribution in [3.8, 4) is 0 Å². The molecule has 0 radical (unpaired) electrons. The molecule has 3 N–H and O–H groups in total. The summed E-state index contributed by atoms with van der Waals surface area (Å²) in [5.74, 6) is -0.908. The van der Waals surface area contributed by atoms with Crippen LogP contribution in [0.3, 0.4) is 0 Å². The predicted octanol–water partition coefficient (Wildman–Crippen LogP) is 1.87. The fraction of sp³-hybridized carbons (Fsp3) is 0.467. The van der Waals surface area contributed by atoms with Gasteiger partial charge in [0.05, 0.1) is 6.54 Å². The van der Waals surface area contributed by atoms with Crippen molar-refractivity contribution in [3.05, 3.63) is 23.8 Å². The van der Waals surface area contributed by atoms with Gasteiger partial charge in [0, 0.05) is 25.0 Å². The fourth-order valence-corrected chi connectivity index (χ4v) is 2.46. The van der Waals surface area contributed by atoms with Crippen molar-refractivity contribution in [3.63, 3.8) is 0 Å². The molecule has 0 bridgehead atoms. The number of nitrogens with one attached hydrogen (secondary N) is 3. The lowest BCUT2D eigenvalue weighted by atomic mass is 10.0. The van der Waals surface area contributed by atoms with E-state index in [9.17, 15) is 22.8 Å². The summed E-state index contributed by atoms with van der Waals surface area (Å²) in [6.07, 6.45) is -2.54. The summed E-state index contributed by atoms with van der Waals surface area (Å²) in [5, 5.41) is 6.46. The van der Waals surface area contributed by atoms with Gasteiger partial charge in [0.2, 0.25) is 5.91 Å². The lowest BCUT2D eigenvalue weighted by Gasteiger charge is -2.27. The van der Waals surface area contributed by atoms with Crippen LogP contribution in [0.2, 0.25) is 0 Å². The van der Waals surface area contributed by atoms with Crippen molar-refractivity contribution >= 4 is 23.3 Å². The van der Waals surface area contributed by atoms with Crippen LogP contribution in [0, 0.1) is 0 Å². The third-order valence-electron chi connectivity index (χ3n) is 3.58. The summed E-state index contributed by atoms with van der Waals surface area (Å²) >= 11 is 0. The van der Waals surface area contributed by atoms with E-state index in [1.165, 1.54) is 0 Å². The Hall–Kier alpha value is -2.45. The summed E-state index contributed by atoms with van der Waals surface area (Å²) in [4.78, 5) is 25.1. The quantitative estimate of drug-likeness (QED) is 0.781. The number of carbonyl (C=O) groups is 2. The second-order valence-electron chi connectivity index (χ2n) is 5.57. The van der Waals surface area contributed by atoms with Crippen LogP contribution in [0.1, 0.15) is 12.0 Å². The van der Waals surface area contributed by atoms with Gasteiger partial charge in [0.25, 0.3) is 0 Å². The topological polar surface area (TPSA) is 73.5 Å². The highest BCUT2D eigenvalue weighted by molar-refractivity contribution is 5.92. The molecule has 0 atom stereocenters. The fourth-order valence-electron chi connectivity index (χ4n) is 2.46. The van der Waals surface area contributed by atoms with E-state index in [0.29, 0.717) is 5.69 Å². The lowest BCUT2D eigenvalue weighted by molar-refractivity contribution is -0.137. The molecule has 1 heterocycles. The maximum Gasteiger partial charge on any atom is 0.405 e. The first-order valence-electron chi connectivity index (χ1n) is 7.47. The first-order chi connectivity index (χ1) is 11.2. The number of amides is 3. The largest absolute Gasteiger partial charge is 0.405 e. The van der Waals surface area contributed by atoms with E-state index in [1.54, 1.807) is 11.4 Å². The molecule has 0 aromatic heterocycles. The minimum absolute atomic E-state index is 0.532. The zero-order valence-corrected chi connectivity index (χ0v) is 13.2. The molecule has 6 nitrogen and oxygen atoms in total. The molecule has 0 unspecified atom stereocenters. The number of urea groups is 1. The van der Waals surface area contributed by atoms with Crippen LogP contribution >= 0.6 is 0 Å². The zero-order chi connectivity index (χ0) is 17.7. The van der Waals surface area contributed by atoms with Gasteiger partial charge in [-0.15, -0.1) is 0 Å². The molecule has 0 aliphatic carbocycles. The second-order valence-corrected chi connectivity index (χ2v) is 5.57. The number of halogens is 3. The van der Waals surface area contributed by atoms with Crippen molar-refractivity contribution < 1.29 is 22.8 Å². The molecular weight excluding hydrogens is 325 g/mol. The van der Waals surface area contributed by atoms with Gasteiger partial charge < -0.3 is 20.9 Å². The average Bonchev–Trinajstić information content (AvgIpc) is 2.50. The molecule has 3 amide bonds. The highest BCUT2D eigenvalue weighted by Crippen LogP contribution is 2.28. The van der Waals surface area contributed by atoms with E-state index >= 15 is 0 Å². The van der Waals surface area contributed by atoms with E-state index < -0.39 is 31.2 Å². The number of benzene rings is 1. The smallest absolute Gasteiger partial charge is 0.374 e. The molecule has 1 aromatic carbocycles. The molecule has 1 aliphatic heterocycles. The molecule has 0 saturated carbocycles. The second kappa shape index (κ2) is 7.41. The Morgan fingerprint density at radius 3 is 2.71 bits per heavy atom. The maximum atomic E-state index is 12.0. The van der Waals surface area contributed by atoms with Crippen LogP contribution in [0.25, 0.3) is 0 Å². The predicted molar refractivity (Wildman–Crippen MR) is 84.1 cm³/mol. The average molecular weight is 344 g/mol. The molecule has 0 spiro atoms. The highest BCUT2D eigenvalue weighted by atomic mass is 19.4. The van der Waals surface area contributed by atoms with Gasteiger partial charge in [0.1, 0.15) is 6.54 Å². The van der Waals surface area contributed by atoms with Crippen LogP contribution < -0.4 is 20.9 Å². The summed E-state index contributed by atoms with van der Waals surface area (Å²) in [5.41, 5.74) is 2.79. The number of alkyl halides is 3. The number of carbonyl (C=O) groups excluding carboxylic acids is 2. The highest BCUT2D eigenvalue weighted by Gasteiger charge is 2.27. The third-order valence-corrected chi connectivity index (χ3v) is 3.58. The van der Waals surface area contributed by atoms with Gasteiger partial charge in [-0.2, -0.15) is 13.2 Å². The number of rotatable bonds is 4. The molecule has 0 saturated heterocycles. The van der Waals surface area contributed by atoms with Crippen molar-refractivity contribution in [1.82, 2.24) is 10.6 Å². The van der Waals surface area contributed by atoms with Crippen molar-refractivity contribution in [1.29, 1.82) is 0 Å². The number of anilines is 2. The van der Waals surface area contributed by atoms with E-state index in [4.69, 9.17) is 0 Å². The zero-order valence-electron chi connectivity index (χ0n) is 13.2. The van der Waals surface area contributed by atoms with Crippen LogP contribution in [-0.2, 0) is 11.2 Å². The van der Waals surface area contributed by atoms with Crippen LogP contribution in [0.5, 0.6) is 0 Å². The molecule has 132 valence electrons. The van der Waals surface area contributed by atoms with Gasteiger partial charge >= 0.3 is 12.2 Å². The Bertz CT molecular complexity index is 619. The Balaban J connectivity index is 1.81. The van der Waals surface area contributed by atoms with E-state index in [1.807, 2.05) is 19.2 Å². The summed E-state index contributed by atoms with van der Waals surface area (Å²) in [7, 11) is 2.00. The molecule has 2 rings (SSSR count). The Morgan fingerprint density at radius 2 is 2.00 bits per heavy atom. The Morgan fingerprint density at radius 1 is 1.25 bits per heavy atom. The van der Waals surface area contributed by atoms with Crippen molar-refractivity contribution in [2.24, 2.45) is 0 Å². The van der Waals surface area contributed by atoms with Crippen LogP contribution in [0.4, 0.5) is 29.3 Å². The minimum atomic E-state index is -4.48. The molecule has 9 heteroatoms. The molecule has 24 heavy (non-hydrogen) atoms. The monoisotopic (exact) mass is 344 g/mol. The summed E-state index contributed by atoms with van der Waals surface area (Å²) < 4.78 is 35.9. The number of nitrogens with zero attached hydrogens (tertiary/aromatic N) is 1. The van der Waals surface area contributed by atoms with E-state index in [2.05, 4.69) is 15.5 Å². The minimum Gasteiger partial charge on any atom is -0.374 e. The maximum absolute atomic E-state index is 12.0. The SMILES string of the molecule is CN1CCCc2cc(NC(=O)NCC(=O)NCC(F)(F)F)ccc21.